The summed E-state index contributed by atoms with van der Waals surface area (Å²) in [5.74, 6) is 0.762. The second-order valence-corrected chi connectivity index (χ2v) is 4.57. The molecule has 1 aromatic heterocycles. The fourth-order valence-corrected chi connectivity index (χ4v) is 1.73. The molecule has 1 amide bonds. The lowest BCUT2D eigenvalue weighted by atomic mass is 10.1. The minimum Gasteiger partial charge on any atom is -0.353 e. The number of aromatic amines is 1. The summed E-state index contributed by atoms with van der Waals surface area (Å²) in [4.78, 5) is 15.6. The summed E-state index contributed by atoms with van der Waals surface area (Å²) >= 11 is 0. The van der Waals surface area contributed by atoms with Crippen molar-refractivity contribution in [3.8, 4) is 0 Å². The molecule has 0 fully saturated rings. The van der Waals surface area contributed by atoms with Crippen LogP contribution in [0.5, 0.6) is 0 Å². The van der Waals surface area contributed by atoms with E-state index < -0.39 is 0 Å². The molecule has 0 saturated heterocycles. The van der Waals surface area contributed by atoms with Gasteiger partial charge >= 0.3 is 0 Å². The minimum absolute atomic E-state index is 0.0804. The number of carbonyl (C=O) groups excluding carboxylic acids is 1. The second kappa shape index (κ2) is 7.23. The van der Waals surface area contributed by atoms with E-state index in [1.807, 2.05) is 37.3 Å². The van der Waals surface area contributed by atoms with Crippen LogP contribution in [0.2, 0.25) is 0 Å². The average molecular weight is 270 g/mol. The highest BCUT2D eigenvalue weighted by Gasteiger charge is 1.97. The van der Waals surface area contributed by atoms with Crippen molar-refractivity contribution in [2.24, 2.45) is 0 Å². The standard InChI is InChI=1S/C15H18N4O/c1-12-4-6-13(7-5-12)8-9-15(20)16-10-2-3-14-17-11-18-19-14/h4-9,11H,2-3,10H2,1H3,(H,16,20)(H,17,18,19). The third kappa shape index (κ3) is 4.68. The van der Waals surface area contributed by atoms with E-state index in [9.17, 15) is 4.79 Å². The predicted octanol–water partition coefficient (Wildman–Crippen LogP) is 1.88. The fourth-order valence-electron chi connectivity index (χ4n) is 1.73. The summed E-state index contributed by atoms with van der Waals surface area (Å²) in [6.07, 6.45) is 6.46. The molecule has 0 spiro atoms. The largest absolute Gasteiger partial charge is 0.353 e. The van der Waals surface area contributed by atoms with Crippen molar-refractivity contribution in [2.45, 2.75) is 19.8 Å². The maximum atomic E-state index is 11.6. The quantitative estimate of drug-likeness (QED) is 0.622. The van der Waals surface area contributed by atoms with Gasteiger partial charge in [0.2, 0.25) is 5.91 Å². The Labute approximate surface area is 118 Å². The zero-order valence-electron chi connectivity index (χ0n) is 11.5. The minimum atomic E-state index is -0.0804. The van der Waals surface area contributed by atoms with Crippen molar-refractivity contribution in [3.05, 3.63) is 53.6 Å². The molecule has 104 valence electrons. The third-order valence-electron chi connectivity index (χ3n) is 2.86. The van der Waals surface area contributed by atoms with Gasteiger partial charge in [-0.05, 0) is 25.0 Å². The van der Waals surface area contributed by atoms with E-state index in [1.54, 1.807) is 6.08 Å². The number of nitrogens with zero attached hydrogens (tertiary/aromatic N) is 2. The van der Waals surface area contributed by atoms with Crippen molar-refractivity contribution >= 4 is 12.0 Å². The van der Waals surface area contributed by atoms with Crippen LogP contribution < -0.4 is 5.32 Å². The first-order valence-electron chi connectivity index (χ1n) is 6.61. The Hall–Kier alpha value is -2.43. The number of aromatic nitrogens is 3. The number of hydrogen-bond donors (Lipinski definition) is 2. The predicted molar refractivity (Wildman–Crippen MR) is 77.9 cm³/mol. The second-order valence-electron chi connectivity index (χ2n) is 4.57. The van der Waals surface area contributed by atoms with E-state index in [-0.39, 0.29) is 5.91 Å². The van der Waals surface area contributed by atoms with Crippen LogP contribution in [0.25, 0.3) is 6.08 Å². The number of aryl methyl sites for hydroxylation is 2. The highest BCUT2D eigenvalue weighted by atomic mass is 16.1. The number of amides is 1. The molecule has 5 heteroatoms. The first-order chi connectivity index (χ1) is 9.74. The fraction of sp³-hybridized carbons (Fsp3) is 0.267. The van der Waals surface area contributed by atoms with Crippen LogP contribution in [-0.2, 0) is 11.2 Å². The molecular weight excluding hydrogens is 252 g/mol. The van der Waals surface area contributed by atoms with Gasteiger partial charge in [0.15, 0.2) is 0 Å². The molecule has 0 saturated carbocycles. The zero-order chi connectivity index (χ0) is 14.2. The summed E-state index contributed by atoms with van der Waals surface area (Å²) < 4.78 is 0. The normalized spacial score (nSPS) is 10.8. The van der Waals surface area contributed by atoms with Gasteiger partial charge in [0.1, 0.15) is 12.2 Å². The number of hydrogen-bond acceptors (Lipinski definition) is 3. The van der Waals surface area contributed by atoms with Gasteiger partial charge in [-0.3, -0.25) is 9.89 Å². The topological polar surface area (TPSA) is 70.7 Å². The van der Waals surface area contributed by atoms with Crippen molar-refractivity contribution in [1.82, 2.24) is 20.5 Å². The Morgan fingerprint density at radius 3 is 2.85 bits per heavy atom. The summed E-state index contributed by atoms with van der Waals surface area (Å²) in [5.41, 5.74) is 2.23. The number of benzene rings is 1. The number of carbonyl (C=O) groups is 1. The molecule has 0 radical (unpaired) electrons. The van der Waals surface area contributed by atoms with E-state index in [2.05, 4.69) is 20.5 Å². The lowest BCUT2D eigenvalue weighted by molar-refractivity contribution is -0.116. The summed E-state index contributed by atoms with van der Waals surface area (Å²) in [7, 11) is 0. The lowest BCUT2D eigenvalue weighted by Gasteiger charge is -2.00. The van der Waals surface area contributed by atoms with Crippen LogP contribution in [0, 0.1) is 6.92 Å². The van der Waals surface area contributed by atoms with Gasteiger partial charge in [0.05, 0.1) is 0 Å². The summed E-state index contributed by atoms with van der Waals surface area (Å²) in [6.45, 7) is 2.66. The SMILES string of the molecule is Cc1ccc(C=CC(=O)NCCCc2ncn[nH]2)cc1. The summed E-state index contributed by atoms with van der Waals surface area (Å²) in [5, 5.41) is 9.40. The third-order valence-corrected chi connectivity index (χ3v) is 2.86. The molecule has 0 aliphatic heterocycles. The Kier molecular flexibility index (Phi) is 5.06. The van der Waals surface area contributed by atoms with Crippen molar-refractivity contribution in [1.29, 1.82) is 0 Å². The van der Waals surface area contributed by atoms with Crippen LogP contribution >= 0.6 is 0 Å². The molecule has 0 atom stereocenters. The molecule has 20 heavy (non-hydrogen) atoms. The number of rotatable bonds is 6. The zero-order valence-corrected chi connectivity index (χ0v) is 11.5. The first kappa shape index (κ1) is 14.0. The molecule has 2 rings (SSSR count). The van der Waals surface area contributed by atoms with Gasteiger partial charge in [0.25, 0.3) is 0 Å². The maximum absolute atomic E-state index is 11.6. The Bertz CT molecular complexity index is 558. The molecular formula is C15H18N4O. The van der Waals surface area contributed by atoms with Gasteiger partial charge in [-0.25, -0.2) is 4.98 Å². The van der Waals surface area contributed by atoms with Crippen LogP contribution in [0.1, 0.15) is 23.4 Å². The van der Waals surface area contributed by atoms with E-state index in [1.165, 1.54) is 11.9 Å². The van der Waals surface area contributed by atoms with Gasteiger partial charge in [0, 0.05) is 19.0 Å². The van der Waals surface area contributed by atoms with Gasteiger partial charge in [-0.1, -0.05) is 29.8 Å². The molecule has 0 aliphatic carbocycles. The van der Waals surface area contributed by atoms with Crippen LogP contribution in [0.3, 0.4) is 0 Å². The smallest absolute Gasteiger partial charge is 0.243 e. The molecule has 0 aliphatic rings. The van der Waals surface area contributed by atoms with E-state index in [4.69, 9.17) is 0 Å². The highest BCUT2D eigenvalue weighted by Crippen LogP contribution is 2.04. The Balaban J connectivity index is 1.68. The maximum Gasteiger partial charge on any atom is 0.243 e. The Morgan fingerprint density at radius 2 is 2.15 bits per heavy atom. The van der Waals surface area contributed by atoms with Crippen molar-refractivity contribution in [3.63, 3.8) is 0 Å². The first-order valence-corrected chi connectivity index (χ1v) is 6.61. The molecule has 1 aromatic carbocycles. The molecule has 0 bridgehead atoms. The average Bonchev–Trinajstić information content (AvgIpc) is 2.96. The molecule has 1 heterocycles. The summed E-state index contributed by atoms with van der Waals surface area (Å²) in [6, 6.07) is 8.02. The van der Waals surface area contributed by atoms with Gasteiger partial charge < -0.3 is 5.32 Å². The van der Waals surface area contributed by atoms with Crippen LogP contribution in [-0.4, -0.2) is 27.6 Å². The highest BCUT2D eigenvalue weighted by molar-refractivity contribution is 5.91. The van der Waals surface area contributed by atoms with Crippen molar-refractivity contribution in [2.75, 3.05) is 6.54 Å². The molecule has 2 N–H and O–H groups in total. The lowest BCUT2D eigenvalue weighted by Crippen LogP contribution is -2.22. The van der Waals surface area contributed by atoms with Gasteiger partial charge in [-0.2, -0.15) is 5.10 Å². The van der Waals surface area contributed by atoms with E-state index >= 15 is 0 Å². The van der Waals surface area contributed by atoms with Crippen LogP contribution in [0.15, 0.2) is 36.7 Å². The molecule has 0 unspecified atom stereocenters. The number of nitrogens with one attached hydrogen (secondary N) is 2. The Morgan fingerprint density at radius 1 is 1.35 bits per heavy atom. The molecule has 2 aromatic rings. The van der Waals surface area contributed by atoms with Gasteiger partial charge in [-0.15, -0.1) is 0 Å². The van der Waals surface area contributed by atoms with Crippen LogP contribution in [0.4, 0.5) is 0 Å². The number of H-pyrrole nitrogens is 1. The molecule has 5 nitrogen and oxygen atoms in total. The monoisotopic (exact) mass is 270 g/mol. The van der Waals surface area contributed by atoms with E-state index in [0.717, 1.165) is 24.2 Å². The van der Waals surface area contributed by atoms with E-state index in [0.29, 0.717) is 6.54 Å². The van der Waals surface area contributed by atoms with Crippen molar-refractivity contribution < 1.29 is 4.79 Å².